The topological polar surface area (TPSA) is 27.7 Å². The monoisotopic (exact) mass is 318 g/mol. The van der Waals surface area contributed by atoms with E-state index in [2.05, 4.69) is 12.2 Å². The molecule has 0 N–H and O–H groups in total. The molecule has 3 heteroatoms. The smallest absolute Gasteiger partial charge is 0.0700 e. The summed E-state index contributed by atoms with van der Waals surface area (Å²) in [7, 11) is 0. The average molecular weight is 318 g/mol. The van der Waals surface area contributed by atoms with Crippen LogP contribution >= 0.6 is 0 Å². The summed E-state index contributed by atoms with van der Waals surface area (Å²) in [6.45, 7) is 5.12. The molecule has 0 aromatic rings. The van der Waals surface area contributed by atoms with Crippen LogP contribution in [0.2, 0.25) is 0 Å². The highest BCUT2D eigenvalue weighted by molar-refractivity contribution is 5.20. The quantitative estimate of drug-likeness (QED) is 0.410. The maximum Gasteiger partial charge on any atom is 0.0700 e. The van der Waals surface area contributed by atoms with Gasteiger partial charge in [-0.25, -0.2) is 0 Å². The third kappa shape index (κ3) is 2.60. The van der Waals surface area contributed by atoms with Crippen LogP contribution in [0.1, 0.15) is 25.7 Å². The van der Waals surface area contributed by atoms with E-state index in [-0.39, 0.29) is 0 Å². The van der Waals surface area contributed by atoms with Crippen molar-refractivity contribution in [3.8, 4) is 0 Å². The van der Waals surface area contributed by atoms with E-state index in [9.17, 15) is 0 Å². The average Bonchev–Trinajstić information content (AvgIpc) is 3.36. The second-order valence-electron chi connectivity index (χ2n) is 8.64. The first-order chi connectivity index (χ1) is 11.4. The van der Waals surface area contributed by atoms with Crippen molar-refractivity contribution in [3.63, 3.8) is 0 Å². The first-order valence-electron chi connectivity index (χ1n) is 9.81. The van der Waals surface area contributed by atoms with Crippen LogP contribution in [0.25, 0.3) is 0 Å². The van der Waals surface area contributed by atoms with Gasteiger partial charge in [-0.05, 0) is 67.1 Å². The van der Waals surface area contributed by atoms with Crippen molar-refractivity contribution in [2.45, 2.75) is 25.7 Å². The molecule has 23 heavy (non-hydrogen) atoms. The lowest BCUT2D eigenvalue weighted by molar-refractivity contribution is 0.00333. The predicted molar refractivity (Wildman–Crippen MR) is 88.0 cm³/mol. The summed E-state index contributed by atoms with van der Waals surface area (Å²) in [5.41, 5.74) is 0. The molecule has 0 amide bonds. The largest absolute Gasteiger partial charge is 0.381 e. The van der Waals surface area contributed by atoms with Gasteiger partial charge >= 0.3 is 0 Å². The second-order valence-corrected chi connectivity index (χ2v) is 8.64. The number of allylic oxidation sites excluding steroid dienone is 2. The van der Waals surface area contributed by atoms with Gasteiger partial charge in [0.15, 0.2) is 0 Å². The van der Waals surface area contributed by atoms with Gasteiger partial charge in [-0.15, -0.1) is 0 Å². The van der Waals surface area contributed by atoms with Crippen LogP contribution in [0.15, 0.2) is 12.2 Å². The molecule has 4 fully saturated rings. The van der Waals surface area contributed by atoms with Crippen molar-refractivity contribution in [1.82, 2.24) is 0 Å². The molecule has 8 atom stereocenters. The Hall–Kier alpha value is -0.380. The van der Waals surface area contributed by atoms with Crippen LogP contribution in [0.3, 0.4) is 0 Å². The molecule has 1 aliphatic heterocycles. The summed E-state index contributed by atoms with van der Waals surface area (Å²) >= 11 is 0. The lowest BCUT2D eigenvalue weighted by atomic mass is 9.69. The molecule has 0 radical (unpaired) electrons. The van der Waals surface area contributed by atoms with Crippen molar-refractivity contribution in [1.29, 1.82) is 0 Å². The minimum Gasteiger partial charge on any atom is -0.381 e. The number of hydrogen-bond acceptors (Lipinski definition) is 3. The molecule has 4 aliphatic carbocycles. The van der Waals surface area contributed by atoms with Gasteiger partial charge in [-0.2, -0.15) is 0 Å². The molecule has 8 unspecified atom stereocenters. The Bertz CT molecular complexity index is 456. The summed E-state index contributed by atoms with van der Waals surface area (Å²) in [4.78, 5) is 0. The zero-order valence-corrected chi connectivity index (χ0v) is 14.1. The summed E-state index contributed by atoms with van der Waals surface area (Å²) < 4.78 is 17.1. The maximum absolute atomic E-state index is 5.99. The lowest BCUT2D eigenvalue weighted by Gasteiger charge is -2.36. The van der Waals surface area contributed by atoms with Crippen molar-refractivity contribution >= 4 is 0 Å². The first kappa shape index (κ1) is 14.9. The molecule has 0 aromatic carbocycles. The highest BCUT2D eigenvalue weighted by Gasteiger charge is 2.60. The fraction of sp³-hybridized carbons (Fsp3) is 0.900. The third-order valence-electron chi connectivity index (χ3n) is 7.49. The highest BCUT2D eigenvalue weighted by atomic mass is 16.5. The summed E-state index contributed by atoms with van der Waals surface area (Å²) in [6, 6.07) is 0. The third-order valence-corrected chi connectivity index (χ3v) is 7.49. The van der Waals surface area contributed by atoms with Crippen LogP contribution in [-0.2, 0) is 14.2 Å². The van der Waals surface area contributed by atoms with Crippen LogP contribution in [0.4, 0.5) is 0 Å². The standard InChI is InChI=1S/C20H30O3/c1-2-15-7-14(1)19-16-8-17(18(9-16)20(15)19)12-23-6-5-22-11-13-3-4-21-10-13/h1-2,13-20H,3-12H2. The number of hydrogen-bond donors (Lipinski definition) is 0. The van der Waals surface area contributed by atoms with Crippen molar-refractivity contribution in [2.75, 3.05) is 39.6 Å². The molecule has 5 rings (SSSR count). The van der Waals surface area contributed by atoms with E-state index in [1.165, 1.54) is 19.3 Å². The molecule has 3 saturated carbocycles. The summed E-state index contributed by atoms with van der Waals surface area (Å²) in [5.74, 6) is 7.33. The molecular weight excluding hydrogens is 288 g/mol. The van der Waals surface area contributed by atoms with Crippen LogP contribution in [0.5, 0.6) is 0 Å². The van der Waals surface area contributed by atoms with Crippen molar-refractivity contribution in [3.05, 3.63) is 12.2 Å². The Morgan fingerprint density at radius 1 is 0.913 bits per heavy atom. The van der Waals surface area contributed by atoms with Gasteiger partial charge < -0.3 is 14.2 Å². The maximum atomic E-state index is 5.99. The molecule has 1 saturated heterocycles. The molecule has 128 valence electrons. The van der Waals surface area contributed by atoms with Gasteiger partial charge in [0.1, 0.15) is 0 Å². The number of fused-ring (bicyclic) bond motifs is 9. The molecule has 0 spiro atoms. The van der Waals surface area contributed by atoms with Crippen LogP contribution in [-0.4, -0.2) is 39.6 Å². The lowest BCUT2D eigenvalue weighted by Crippen LogP contribution is -2.33. The van der Waals surface area contributed by atoms with E-state index in [0.717, 1.165) is 87.5 Å². The minimum atomic E-state index is 0.614. The first-order valence-corrected chi connectivity index (χ1v) is 9.81. The van der Waals surface area contributed by atoms with E-state index in [1.807, 2.05) is 0 Å². The highest BCUT2D eigenvalue weighted by Crippen LogP contribution is 2.66. The van der Waals surface area contributed by atoms with Gasteiger partial charge in [0, 0.05) is 19.1 Å². The molecular formula is C20H30O3. The fourth-order valence-corrected chi connectivity index (χ4v) is 6.66. The normalized spacial score (nSPS) is 49.4. The summed E-state index contributed by atoms with van der Waals surface area (Å²) in [5, 5.41) is 0. The number of ether oxygens (including phenoxy) is 3. The Kier molecular flexibility index (Phi) is 4.00. The second kappa shape index (κ2) is 6.16. The number of rotatable bonds is 7. The SMILES string of the molecule is C1=CC2CC1C1C3CC(COCCOCC4CCOC4)C(C3)C21. The van der Waals surface area contributed by atoms with Gasteiger partial charge in [-0.3, -0.25) is 0 Å². The van der Waals surface area contributed by atoms with E-state index in [0.29, 0.717) is 5.92 Å². The molecule has 1 heterocycles. The Morgan fingerprint density at radius 3 is 2.57 bits per heavy atom. The molecule has 5 aliphatic rings. The Morgan fingerprint density at radius 2 is 1.74 bits per heavy atom. The van der Waals surface area contributed by atoms with E-state index in [1.54, 1.807) is 0 Å². The molecule has 4 bridgehead atoms. The van der Waals surface area contributed by atoms with E-state index < -0.39 is 0 Å². The van der Waals surface area contributed by atoms with Gasteiger partial charge in [0.05, 0.1) is 26.4 Å². The van der Waals surface area contributed by atoms with Crippen molar-refractivity contribution in [2.24, 2.45) is 47.3 Å². The summed E-state index contributed by atoms with van der Waals surface area (Å²) in [6.07, 6.45) is 10.6. The molecule has 0 aromatic heterocycles. The van der Waals surface area contributed by atoms with E-state index in [4.69, 9.17) is 14.2 Å². The van der Waals surface area contributed by atoms with Gasteiger partial charge in [-0.1, -0.05) is 12.2 Å². The fourth-order valence-electron chi connectivity index (χ4n) is 6.66. The molecule has 3 nitrogen and oxygen atoms in total. The van der Waals surface area contributed by atoms with Crippen LogP contribution in [0, 0.1) is 47.3 Å². The van der Waals surface area contributed by atoms with Crippen molar-refractivity contribution < 1.29 is 14.2 Å². The zero-order chi connectivity index (χ0) is 15.2. The van der Waals surface area contributed by atoms with E-state index >= 15 is 0 Å². The predicted octanol–water partition coefficient (Wildman–Crippen LogP) is 3.15. The van der Waals surface area contributed by atoms with Gasteiger partial charge in [0.2, 0.25) is 0 Å². The Labute approximate surface area is 139 Å². The zero-order valence-electron chi connectivity index (χ0n) is 14.1. The van der Waals surface area contributed by atoms with Crippen LogP contribution < -0.4 is 0 Å². The minimum absolute atomic E-state index is 0.614. The Balaban J connectivity index is 1.03. The van der Waals surface area contributed by atoms with Gasteiger partial charge in [0.25, 0.3) is 0 Å².